The second kappa shape index (κ2) is 7.85. The van der Waals surface area contributed by atoms with Crippen molar-refractivity contribution in [3.63, 3.8) is 0 Å². The van der Waals surface area contributed by atoms with Crippen molar-refractivity contribution in [1.82, 2.24) is 9.88 Å². The number of rotatable bonds is 6. The Bertz CT molecular complexity index is 687. The number of hydrogen-bond donors (Lipinski definition) is 1. The van der Waals surface area contributed by atoms with Gasteiger partial charge < -0.3 is 10.0 Å². The van der Waals surface area contributed by atoms with Crippen LogP contribution < -0.4 is 0 Å². The van der Waals surface area contributed by atoms with E-state index in [1.165, 1.54) is 23.5 Å². The van der Waals surface area contributed by atoms with Crippen LogP contribution in [0.15, 0.2) is 29.6 Å². The molecule has 1 fully saturated rings. The van der Waals surface area contributed by atoms with Crippen LogP contribution in [-0.2, 0) is 6.42 Å². The summed E-state index contributed by atoms with van der Waals surface area (Å²) in [6.07, 6.45) is 4.18. The fourth-order valence-electron chi connectivity index (χ4n) is 3.14. The summed E-state index contributed by atoms with van der Waals surface area (Å²) < 4.78 is 13.0. The maximum Gasteiger partial charge on any atom is 0.273 e. The molecule has 1 aromatic carbocycles. The molecule has 1 unspecified atom stereocenters. The van der Waals surface area contributed by atoms with Gasteiger partial charge in [-0.2, -0.15) is 0 Å². The van der Waals surface area contributed by atoms with Gasteiger partial charge >= 0.3 is 0 Å². The lowest BCUT2D eigenvalue weighted by atomic mass is 10.1. The van der Waals surface area contributed by atoms with Gasteiger partial charge in [0, 0.05) is 31.0 Å². The maximum absolute atomic E-state index is 13.0. The molecule has 1 aliphatic rings. The van der Waals surface area contributed by atoms with Gasteiger partial charge in [0.1, 0.15) is 11.5 Å². The van der Waals surface area contributed by atoms with E-state index < -0.39 is 0 Å². The predicted molar refractivity (Wildman–Crippen MR) is 91.7 cm³/mol. The zero-order chi connectivity index (χ0) is 16.9. The average molecular weight is 348 g/mol. The molecule has 1 amide bonds. The molecule has 0 bridgehead atoms. The summed E-state index contributed by atoms with van der Waals surface area (Å²) in [5, 5.41) is 11.7. The summed E-state index contributed by atoms with van der Waals surface area (Å²) in [4.78, 5) is 19.1. The van der Waals surface area contributed by atoms with Gasteiger partial charge in [-0.3, -0.25) is 4.79 Å². The number of likely N-dealkylation sites (tertiary alicyclic amines) is 1. The first kappa shape index (κ1) is 17.0. The third-order valence-electron chi connectivity index (χ3n) is 4.37. The van der Waals surface area contributed by atoms with Crippen LogP contribution in [0.5, 0.6) is 0 Å². The average Bonchev–Trinajstić information content (AvgIpc) is 3.24. The molecule has 1 atom stereocenters. The SMILES string of the molecule is O=C(c1csc(Cc2ccc(F)cc2)n1)N1CCCC1CCCO. The van der Waals surface area contributed by atoms with Gasteiger partial charge in [0.2, 0.25) is 0 Å². The Morgan fingerprint density at radius 1 is 1.38 bits per heavy atom. The largest absolute Gasteiger partial charge is 0.396 e. The Morgan fingerprint density at radius 3 is 2.92 bits per heavy atom. The minimum atomic E-state index is -0.253. The molecule has 2 heterocycles. The van der Waals surface area contributed by atoms with E-state index in [0.717, 1.165) is 42.8 Å². The number of hydrogen-bond acceptors (Lipinski definition) is 4. The Morgan fingerprint density at radius 2 is 2.17 bits per heavy atom. The number of nitrogens with zero attached hydrogens (tertiary/aromatic N) is 2. The molecule has 2 aromatic rings. The lowest BCUT2D eigenvalue weighted by molar-refractivity contribution is 0.0719. The number of carbonyl (C=O) groups is 1. The van der Waals surface area contributed by atoms with E-state index in [1.54, 1.807) is 12.1 Å². The highest BCUT2D eigenvalue weighted by atomic mass is 32.1. The molecule has 1 N–H and O–H groups in total. The van der Waals surface area contributed by atoms with Crippen molar-refractivity contribution in [3.05, 3.63) is 51.7 Å². The first-order chi connectivity index (χ1) is 11.7. The van der Waals surface area contributed by atoms with Crippen molar-refractivity contribution >= 4 is 17.2 Å². The lowest BCUT2D eigenvalue weighted by Gasteiger charge is -2.23. The highest BCUT2D eigenvalue weighted by molar-refractivity contribution is 7.09. The molecule has 1 saturated heterocycles. The van der Waals surface area contributed by atoms with Crippen molar-refractivity contribution < 1.29 is 14.3 Å². The van der Waals surface area contributed by atoms with Gasteiger partial charge in [0.25, 0.3) is 5.91 Å². The van der Waals surface area contributed by atoms with Gasteiger partial charge in [0.05, 0.1) is 5.01 Å². The van der Waals surface area contributed by atoms with Crippen LogP contribution >= 0.6 is 11.3 Å². The monoisotopic (exact) mass is 348 g/mol. The molecule has 1 aliphatic heterocycles. The number of aliphatic hydroxyl groups excluding tert-OH is 1. The number of aromatic nitrogens is 1. The molecular formula is C18H21FN2O2S. The third-order valence-corrected chi connectivity index (χ3v) is 5.22. The molecule has 24 heavy (non-hydrogen) atoms. The molecule has 4 nitrogen and oxygen atoms in total. The van der Waals surface area contributed by atoms with Gasteiger partial charge in [-0.15, -0.1) is 11.3 Å². The zero-order valence-corrected chi connectivity index (χ0v) is 14.3. The topological polar surface area (TPSA) is 53.4 Å². The van der Waals surface area contributed by atoms with E-state index in [1.807, 2.05) is 10.3 Å². The van der Waals surface area contributed by atoms with Crippen molar-refractivity contribution in [3.8, 4) is 0 Å². The first-order valence-corrected chi connectivity index (χ1v) is 9.16. The van der Waals surface area contributed by atoms with Crippen LogP contribution in [0.4, 0.5) is 4.39 Å². The van der Waals surface area contributed by atoms with E-state index in [4.69, 9.17) is 5.11 Å². The second-order valence-electron chi connectivity index (χ2n) is 6.09. The second-order valence-corrected chi connectivity index (χ2v) is 7.03. The first-order valence-electron chi connectivity index (χ1n) is 8.28. The summed E-state index contributed by atoms with van der Waals surface area (Å²) in [6.45, 7) is 0.927. The maximum atomic E-state index is 13.0. The molecule has 0 aliphatic carbocycles. The molecular weight excluding hydrogens is 327 g/mol. The quantitative estimate of drug-likeness (QED) is 0.872. The van der Waals surface area contributed by atoms with Crippen molar-refractivity contribution in [2.75, 3.05) is 13.2 Å². The lowest BCUT2D eigenvalue weighted by Crippen LogP contribution is -2.35. The molecule has 3 rings (SSSR count). The number of benzene rings is 1. The Hall–Kier alpha value is -1.79. The van der Waals surface area contributed by atoms with E-state index in [9.17, 15) is 9.18 Å². The molecule has 6 heteroatoms. The van der Waals surface area contributed by atoms with Gasteiger partial charge in [-0.1, -0.05) is 12.1 Å². The van der Waals surface area contributed by atoms with Crippen LogP contribution in [-0.4, -0.2) is 40.1 Å². The Balaban J connectivity index is 1.66. The van der Waals surface area contributed by atoms with Crippen molar-refractivity contribution in [2.24, 2.45) is 0 Å². The smallest absolute Gasteiger partial charge is 0.273 e. The predicted octanol–water partition coefficient (Wildman–Crippen LogP) is 3.25. The van der Waals surface area contributed by atoms with Crippen LogP contribution in [0.1, 0.15) is 46.7 Å². The van der Waals surface area contributed by atoms with E-state index in [0.29, 0.717) is 12.1 Å². The van der Waals surface area contributed by atoms with Crippen molar-refractivity contribution in [1.29, 1.82) is 0 Å². The highest BCUT2D eigenvalue weighted by Crippen LogP contribution is 2.24. The zero-order valence-electron chi connectivity index (χ0n) is 13.4. The minimum Gasteiger partial charge on any atom is -0.396 e. The summed E-state index contributed by atoms with van der Waals surface area (Å²) in [5.74, 6) is -0.270. The number of halogens is 1. The molecule has 0 spiro atoms. The molecule has 0 radical (unpaired) electrons. The number of aliphatic hydroxyl groups is 1. The summed E-state index contributed by atoms with van der Waals surface area (Å²) >= 11 is 1.46. The van der Waals surface area contributed by atoms with Gasteiger partial charge in [-0.05, 0) is 43.4 Å². The van der Waals surface area contributed by atoms with E-state index in [-0.39, 0.29) is 24.4 Å². The van der Waals surface area contributed by atoms with Crippen LogP contribution in [0.2, 0.25) is 0 Å². The Labute approximate surface area is 145 Å². The molecule has 0 saturated carbocycles. The van der Waals surface area contributed by atoms with Crippen LogP contribution in [0.25, 0.3) is 0 Å². The fraction of sp³-hybridized carbons (Fsp3) is 0.444. The standard InChI is InChI=1S/C18H21FN2O2S/c19-14-7-5-13(6-8-14)11-17-20-16(12-24-17)18(23)21-9-1-3-15(21)4-2-10-22/h5-8,12,15,22H,1-4,9-11H2. The van der Waals surface area contributed by atoms with Crippen LogP contribution in [0, 0.1) is 5.82 Å². The summed E-state index contributed by atoms with van der Waals surface area (Å²) in [6, 6.07) is 6.57. The number of carbonyl (C=O) groups excluding carboxylic acids is 1. The highest BCUT2D eigenvalue weighted by Gasteiger charge is 2.30. The minimum absolute atomic E-state index is 0.0166. The summed E-state index contributed by atoms with van der Waals surface area (Å²) in [7, 11) is 0. The van der Waals surface area contributed by atoms with E-state index in [2.05, 4.69) is 4.98 Å². The van der Waals surface area contributed by atoms with Gasteiger partial charge in [-0.25, -0.2) is 9.37 Å². The summed E-state index contributed by atoms with van der Waals surface area (Å²) in [5.41, 5.74) is 1.47. The van der Waals surface area contributed by atoms with Crippen LogP contribution in [0.3, 0.4) is 0 Å². The van der Waals surface area contributed by atoms with Gasteiger partial charge in [0.15, 0.2) is 0 Å². The molecule has 1 aromatic heterocycles. The number of thiazole rings is 1. The third kappa shape index (κ3) is 3.99. The number of amides is 1. The van der Waals surface area contributed by atoms with Crippen molar-refractivity contribution in [2.45, 2.75) is 38.1 Å². The van der Waals surface area contributed by atoms with E-state index >= 15 is 0 Å². The fourth-order valence-corrected chi connectivity index (χ4v) is 3.95. The molecule has 128 valence electrons. The normalized spacial score (nSPS) is 17.4. The Kier molecular flexibility index (Phi) is 5.58.